The van der Waals surface area contributed by atoms with Crippen LogP contribution in [0.2, 0.25) is 10.0 Å². The number of rotatable bonds is 4. The zero-order valence-electron chi connectivity index (χ0n) is 16.3. The molecular formula is C24H17Cl2N3O2. The highest BCUT2D eigenvalue weighted by molar-refractivity contribution is 6.30. The predicted octanol–water partition coefficient (Wildman–Crippen LogP) is 6.21. The maximum atomic E-state index is 6.21. The Morgan fingerprint density at radius 2 is 1.61 bits per heavy atom. The fourth-order valence-corrected chi connectivity index (χ4v) is 3.75. The predicted molar refractivity (Wildman–Crippen MR) is 121 cm³/mol. The lowest BCUT2D eigenvalue weighted by Crippen LogP contribution is -2.30. The fraction of sp³-hybridized carbons (Fsp3) is 0.125. The maximum absolute atomic E-state index is 6.21. The van der Waals surface area contributed by atoms with Gasteiger partial charge in [-0.25, -0.2) is 4.99 Å². The second-order valence-electron chi connectivity index (χ2n) is 7.22. The molecule has 5 rings (SSSR count). The van der Waals surface area contributed by atoms with Crippen molar-refractivity contribution in [2.45, 2.75) is 18.6 Å². The van der Waals surface area contributed by atoms with Crippen LogP contribution in [0.25, 0.3) is 11.5 Å². The van der Waals surface area contributed by atoms with Crippen molar-refractivity contribution in [2.75, 3.05) is 0 Å². The topological polar surface area (TPSA) is 60.5 Å². The van der Waals surface area contributed by atoms with Crippen LogP contribution in [-0.4, -0.2) is 22.6 Å². The van der Waals surface area contributed by atoms with Crippen molar-refractivity contribution in [3.63, 3.8) is 0 Å². The lowest BCUT2D eigenvalue weighted by Gasteiger charge is -2.29. The minimum absolute atomic E-state index is 0.191. The average molecular weight is 450 g/mol. The third-order valence-electron chi connectivity index (χ3n) is 5.11. The van der Waals surface area contributed by atoms with E-state index in [-0.39, 0.29) is 5.92 Å². The highest BCUT2D eigenvalue weighted by Gasteiger charge is 2.34. The quantitative estimate of drug-likeness (QED) is 0.347. The first-order valence-electron chi connectivity index (χ1n) is 9.78. The molecular weight excluding hydrogens is 433 g/mol. The molecule has 4 aromatic rings. The molecule has 1 aliphatic rings. The van der Waals surface area contributed by atoms with E-state index in [1.165, 1.54) is 0 Å². The van der Waals surface area contributed by atoms with Gasteiger partial charge in [0.2, 0.25) is 0 Å². The third-order valence-corrected chi connectivity index (χ3v) is 5.61. The van der Waals surface area contributed by atoms with E-state index in [0.717, 1.165) is 22.4 Å². The Kier molecular flexibility index (Phi) is 5.45. The van der Waals surface area contributed by atoms with Crippen molar-refractivity contribution < 1.29 is 9.26 Å². The number of nitrogens with zero attached hydrogens (tertiary/aromatic N) is 3. The molecule has 31 heavy (non-hydrogen) atoms. The summed E-state index contributed by atoms with van der Waals surface area (Å²) >= 11 is 12.0. The van der Waals surface area contributed by atoms with E-state index in [0.29, 0.717) is 28.2 Å². The fourth-order valence-electron chi connectivity index (χ4n) is 3.49. The van der Waals surface area contributed by atoms with Gasteiger partial charge in [-0.2, -0.15) is 4.98 Å². The third kappa shape index (κ3) is 4.33. The van der Waals surface area contributed by atoms with Gasteiger partial charge in [0.1, 0.15) is 5.75 Å². The van der Waals surface area contributed by atoms with Crippen LogP contribution in [0.3, 0.4) is 0 Å². The van der Waals surface area contributed by atoms with Gasteiger partial charge in [0.25, 0.3) is 5.89 Å². The Balaban J connectivity index is 1.47. The molecule has 5 nitrogen and oxygen atoms in total. The van der Waals surface area contributed by atoms with Gasteiger partial charge in [-0.15, -0.1) is 0 Å². The highest BCUT2D eigenvalue weighted by atomic mass is 35.5. The van der Waals surface area contributed by atoms with Crippen molar-refractivity contribution in [1.29, 1.82) is 0 Å². The summed E-state index contributed by atoms with van der Waals surface area (Å²) in [7, 11) is 0. The van der Waals surface area contributed by atoms with E-state index in [1.807, 2.05) is 60.7 Å². The largest absolute Gasteiger partial charge is 0.468 e. The summed E-state index contributed by atoms with van der Waals surface area (Å²) in [5, 5.41) is 5.57. The van der Waals surface area contributed by atoms with E-state index >= 15 is 0 Å². The van der Waals surface area contributed by atoms with E-state index in [1.54, 1.807) is 18.3 Å². The first-order chi connectivity index (χ1) is 15.2. The molecule has 0 spiro atoms. The van der Waals surface area contributed by atoms with Gasteiger partial charge in [-0.05, 0) is 60.0 Å². The van der Waals surface area contributed by atoms with Crippen molar-refractivity contribution in [3.8, 4) is 17.2 Å². The molecule has 0 saturated carbocycles. The summed E-state index contributed by atoms with van der Waals surface area (Å²) in [5.74, 6) is 1.62. The van der Waals surface area contributed by atoms with E-state index < -0.39 is 6.23 Å². The first-order valence-corrected chi connectivity index (χ1v) is 10.5. The number of para-hydroxylation sites is 1. The van der Waals surface area contributed by atoms with Crippen molar-refractivity contribution in [2.24, 2.45) is 4.99 Å². The Hall–Kier alpha value is -3.15. The van der Waals surface area contributed by atoms with Crippen LogP contribution >= 0.6 is 23.2 Å². The molecule has 2 atom stereocenters. The van der Waals surface area contributed by atoms with Gasteiger partial charge < -0.3 is 9.26 Å². The summed E-state index contributed by atoms with van der Waals surface area (Å²) < 4.78 is 11.7. The molecule has 154 valence electrons. The molecule has 0 bridgehead atoms. The molecule has 0 radical (unpaired) electrons. The molecule has 0 fully saturated rings. The standard InChI is InChI=1S/C24H17Cl2N3O2/c25-18-9-5-15(6-10-18)14-27-24-20(13-17-3-1-2-4-21(17)30-24)22-28-23(31-29-22)16-7-11-19(26)12-8-16/h1-12,14,20,24H,13H2/b27-14+. The minimum Gasteiger partial charge on any atom is -0.468 e. The van der Waals surface area contributed by atoms with Gasteiger partial charge in [-0.1, -0.05) is 58.7 Å². The number of aromatic nitrogens is 2. The molecule has 1 aromatic heterocycles. The van der Waals surface area contributed by atoms with Gasteiger partial charge in [0.15, 0.2) is 12.1 Å². The zero-order valence-corrected chi connectivity index (χ0v) is 17.8. The van der Waals surface area contributed by atoms with Crippen LogP contribution in [0.1, 0.15) is 22.9 Å². The number of benzene rings is 3. The Morgan fingerprint density at radius 3 is 2.39 bits per heavy atom. The minimum atomic E-state index is -0.485. The van der Waals surface area contributed by atoms with Crippen LogP contribution in [0.4, 0.5) is 0 Å². The lowest BCUT2D eigenvalue weighted by atomic mass is 9.93. The number of aliphatic imine (C=N–C) groups is 1. The Morgan fingerprint density at radius 1 is 0.903 bits per heavy atom. The smallest absolute Gasteiger partial charge is 0.257 e. The SMILES string of the molecule is Clc1ccc(/C=N/C2Oc3ccccc3CC2c2noc(-c3ccc(Cl)cc3)n2)cc1. The molecule has 1 aliphatic heterocycles. The average Bonchev–Trinajstić information content (AvgIpc) is 3.29. The van der Waals surface area contributed by atoms with Crippen molar-refractivity contribution in [1.82, 2.24) is 10.1 Å². The molecule has 0 aliphatic carbocycles. The lowest BCUT2D eigenvalue weighted by molar-refractivity contribution is 0.153. The molecule has 7 heteroatoms. The second-order valence-corrected chi connectivity index (χ2v) is 8.09. The number of halogens is 2. The highest BCUT2D eigenvalue weighted by Crippen LogP contribution is 2.36. The van der Waals surface area contributed by atoms with E-state index in [2.05, 4.69) is 10.1 Å². The van der Waals surface area contributed by atoms with Gasteiger partial charge in [0, 0.05) is 21.8 Å². The number of ether oxygens (including phenoxy) is 1. The number of hydrogen-bond donors (Lipinski definition) is 0. The second kappa shape index (κ2) is 8.53. The molecule has 2 heterocycles. The van der Waals surface area contributed by atoms with Gasteiger partial charge in [-0.3, -0.25) is 0 Å². The number of hydrogen-bond acceptors (Lipinski definition) is 5. The number of fused-ring (bicyclic) bond motifs is 1. The summed E-state index contributed by atoms with van der Waals surface area (Å²) in [5.41, 5.74) is 2.82. The monoisotopic (exact) mass is 449 g/mol. The van der Waals surface area contributed by atoms with Gasteiger partial charge in [0.05, 0.1) is 5.92 Å². The molecule has 0 N–H and O–H groups in total. The van der Waals surface area contributed by atoms with Gasteiger partial charge >= 0.3 is 0 Å². The Labute approximate surface area is 189 Å². The summed E-state index contributed by atoms with van der Waals surface area (Å²) in [6.45, 7) is 0. The first kappa shape index (κ1) is 19.8. The molecule has 3 aromatic carbocycles. The van der Waals surface area contributed by atoms with Crippen LogP contribution in [0.5, 0.6) is 5.75 Å². The maximum Gasteiger partial charge on any atom is 0.257 e. The zero-order chi connectivity index (χ0) is 21.2. The van der Waals surface area contributed by atoms with E-state index in [4.69, 9.17) is 37.5 Å². The van der Waals surface area contributed by atoms with Crippen LogP contribution < -0.4 is 4.74 Å². The molecule has 0 amide bonds. The van der Waals surface area contributed by atoms with Crippen LogP contribution in [-0.2, 0) is 6.42 Å². The summed E-state index contributed by atoms with van der Waals surface area (Å²) in [4.78, 5) is 9.34. The normalized spacial score (nSPS) is 18.0. The molecule has 0 saturated heterocycles. The summed E-state index contributed by atoms with van der Waals surface area (Å²) in [6, 6.07) is 22.7. The van der Waals surface area contributed by atoms with Crippen LogP contribution in [0.15, 0.2) is 82.3 Å². The summed E-state index contributed by atoms with van der Waals surface area (Å²) in [6.07, 6.45) is 1.99. The van der Waals surface area contributed by atoms with Crippen molar-refractivity contribution in [3.05, 3.63) is 99.8 Å². The molecule has 2 unspecified atom stereocenters. The van der Waals surface area contributed by atoms with E-state index in [9.17, 15) is 0 Å². The van der Waals surface area contributed by atoms with Crippen molar-refractivity contribution >= 4 is 29.4 Å². The Bertz CT molecular complexity index is 1220. The van der Waals surface area contributed by atoms with Crippen LogP contribution in [0, 0.1) is 0 Å².